The summed E-state index contributed by atoms with van der Waals surface area (Å²) >= 11 is 5.99. The summed E-state index contributed by atoms with van der Waals surface area (Å²) in [7, 11) is 0. The first kappa shape index (κ1) is 19.7. The highest BCUT2D eigenvalue weighted by molar-refractivity contribution is 6.31. The van der Waals surface area contributed by atoms with Crippen molar-refractivity contribution in [3.05, 3.63) is 58.9 Å². The van der Waals surface area contributed by atoms with Gasteiger partial charge in [0.05, 0.1) is 12.2 Å². The minimum absolute atomic E-state index is 0.157. The molecule has 1 atom stereocenters. The molecule has 138 valence electrons. The van der Waals surface area contributed by atoms with E-state index in [-0.39, 0.29) is 17.9 Å². The predicted octanol–water partition coefficient (Wildman–Crippen LogP) is 4.34. The van der Waals surface area contributed by atoms with Crippen molar-refractivity contribution in [2.45, 2.75) is 26.3 Å². The Morgan fingerprint density at radius 3 is 2.46 bits per heavy atom. The van der Waals surface area contributed by atoms with Crippen molar-refractivity contribution in [2.24, 2.45) is 0 Å². The molecule has 0 heterocycles. The van der Waals surface area contributed by atoms with Gasteiger partial charge in [-0.3, -0.25) is 4.79 Å². The summed E-state index contributed by atoms with van der Waals surface area (Å²) in [6.45, 7) is 3.68. The van der Waals surface area contributed by atoms with E-state index in [0.717, 1.165) is 0 Å². The molecule has 0 spiro atoms. The zero-order chi connectivity index (χ0) is 19.1. The number of halogens is 2. The van der Waals surface area contributed by atoms with Crippen LogP contribution in [0.4, 0.5) is 4.39 Å². The van der Waals surface area contributed by atoms with Crippen LogP contribution in [0.15, 0.2) is 42.5 Å². The standard InChI is InChI=1S/C19H19ClFNO4/c1-3-16(19(24)25-4-2)22-18(23)15-11-12(20)5-10-17(15)26-14-8-6-13(21)7-9-14/h5-11,16H,3-4H2,1-2H3,(H,22,23). The number of nitrogens with one attached hydrogen (secondary N) is 1. The predicted molar refractivity (Wildman–Crippen MR) is 96.1 cm³/mol. The summed E-state index contributed by atoms with van der Waals surface area (Å²) in [6.07, 6.45) is 0.374. The van der Waals surface area contributed by atoms with Crippen LogP contribution in [0.2, 0.25) is 5.02 Å². The number of hydrogen-bond acceptors (Lipinski definition) is 4. The number of benzene rings is 2. The largest absolute Gasteiger partial charge is 0.464 e. The van der Waals surface area contributed by atoms with Gasteiger partial charge in [0.2, 0.25) is 0 Å². The van der Waals surface area contributed by atoms with Gasteiger partial charge < -0.3 is 14.8 Å². The van der Waals surface area contributed by atoms with E-state index < -0.39 is 23.7 Å². The Morgan fingerprint density at radius 2 is 1.85 bits per heavy atom. The molecule has 0 aliphatic rings. The minimum Gasteiger partial charge on any atom is -0.464 e. The number of carbonyl (C=O) groups is 2. The topological polar surface area (TPSA) is 64.6 Å². The van der Waals surface area contributed by atoms with E-state index >= 15 is 0 Å². The Balaban J connectivity index is 2.23. The molecule has 5 nitrogen and oxygen atoms in total. The summed E-state index contributed by atoms with van der Waals surface area (Å²) in [5, 5.41) is 2.96. The lowest BCUT2D eigenvalue weighted by atomic mass is 10.1. The summed E-state index contributed by atoms with van der Waals surface area (Å²) in [5.74, 6) is -0.833. The fourth-order valence-electron chi connectivity index (χ4n) is 2.20. The second-order valence-corrected chi connectivity index (χ2v) is 5.82. The Morgan fingerprint density at radius 1 is 1.15 bits per heavy atom. The van der Waals surface area contributed by atoms with Gasteiger partial charge in [-0.2, -0.15) is 0 Å². The normalized spacial score (nSPS) is 11.5. The second kappa shape index (κ2) is 9.20. The highest BCUT2D eigenvalue weighted by atomic mass is 35.5. The average Bonchev–Trinajstić information content (AvgIpc) is 2.63. The molecule has 0 aliphatic heterocycles. The monoisotopic (exact) mass is 379 g/mol. The minimum atomic E-state index is -0.778. The Kier molecular flexibility index (Phi) is 6.97. The number of hydrogen-bond donors (Lipinski definition) is 1. The summed E-state index contributed by atoms with van der Waals surface area (Å²) in [4.78, 5) is 24.5. The van der Waals surface area contributed by atoms with Gasteiger partial charge in [0.25, 0.3) is 5.91 Å². The zero-order valence-corrected chi connectivity index (χ0v) is 15.2. The van der Waals surface area contributed by atoms with Crippen LogP contribution in [0, 0.1) is 5.82 Å². The maximum atomic E-state index is 13.0. The molecular formula is C19H19ClFNO4. The van der Waals surface area contributed by atoms with Gasteiger partial charge in [-0.15, -0.1) is 0 Å². The van der Waals surface area contributed by atoms with E-state index in [2.05, 4.69) is 5.32 Å². The zero-order valence-electron chi connectivity index (χ0n) is 14.4. The van der Waals surface area contributed by atoms with Gasteiger partial charge in [0, 0.05) is 5.02 Å². The number of rotatable bonds is 7. The lowest BCUT2D eigenvalue weighted by Crippen LogP contribution is -2.41. The van der Waals surface area contributed by atoms with Crippen LogP contribution in [-0.4, -0.2) is 24.5 Å². The van der Waals surface area contributed by atoms with Gasteiger partial charge in [-0.1, -0.05) is 18.5 Å². The first-order valence-electron chi connectivity index (χ1n) is 8.15. The highest BCUT2D eigenvalue weighted by Gasteiger charge is 2.23. The van der Waals surface area contributed by atoms with Gasteiger partial charge in [0.1, 0.15) is 23.4 Å². The van der Waals surface area contributed by atoms with E-state index in [1.165, 1.54) is 36.4 Å². The first-order chi connectivity index (χ1) is 12.4. The number of carbonyl (C=O) groups excluding carboxylic acids is 2. The van der Waals surface area contributed by atoms with Crippen molar-refractivity contribution in [2.75, 3.05) is 6.61 Å². The van der Waals surface area contributed by atoms with Gasteiger partial charge >= 0.3 is 5.97 Å². The Labute approximate surface area is 156 Å². The molecule has 0 aromatic heterocycles. The molecule has 1 N–H and O–H groups in total. The first-order valence-corrected chi connectivity index (χ1v) is 8.52. The molecule has 0 bridgehead atoms. The maximum Gasteiger partial charge on any atom is 0.328 e. The number of amides is 1. The lowest BCUT2D eigenvalue weighted by molar-refractivity contribution is -0.145. The van der Waals surface area contributed by atoms with Crippen molar-refractivity contribution in [1.82, 2.24) is 5.32 Å². The molecule has 0 fully saturated rings. The molecule has 2 aromatic carbocycles. The third-order valence-electron chi connectivity index (χ3n) is 3.51. The molecular weight excluding hydrogens is 361 g/mol. The van der Waals surface area contributed by atoms with E-state index in [1.54, 1.807) is 19.9 Å². The van der Waals surface area contributed by atoms with Crippen molar-refractivity contribution in [1.29, 1.82) is 0 Å². The molecule has 2 aromatic rings. The molecule has 0 saturated carbocycles. The summed E-state index contributed by atoms with van der Waals surface area (Å²) in [5.41, 5.74) is 0.157. The summed E-state index contributed by atoms with van der Waals surface area (Å²) < 4.78 is 23.6. The van der Waals surface area contributed by atoms with Crippen molar-refractivity contribution in [3.8, 4) is 11.5 Å². The fourth-order valence-corrected chi connectivity index (χ4v) is 2.38. The Bertz CT molecular complexity index is 780. The van der Waals surface area contributed by atoms with Crippen molar-refractivity contribution >= 4 is 23.5 Å². The third-order valence-corrected chi connectivity index (χ3v) is 3.75. The number of ether oxygens (including phenoxy) is 2. The maximum absolute atomic E-state index is 13.0. The van der Waals surface area contributed by atoms with E-state index in [9.17, 15) is 14.0 Å². The summed E-state index contributed by atoms with van der Waals surface area (Å²) in [6, 6.07) is 9.15. The van der Waals surface area contributed by atoms with E-state index in [4.69, 9.17) is 21.1 Å². The van der Waals surface area contributed by atoms with Crippen molar-refractivity contribution in [3.63, 3.8) is 0 Å². The van der Waals surface area contributed by atoms with Crippen molar-refractivity contribution < 1.29 is 23.5 Å². The van der Waals surface area contributed by atoms with Gasteiger partial charge in [0.15, 0.2) is 0 Å². The van der Waals surface area contributed by atoms with E-state index in [1.807, 2.05) is 0 Å². The van der Waals surface area contributed by atoms with Crippen LogP contribution in [0.5, 0.6) is 11.5 Å². The smallest absolute Gasteiger partial charge is 0.328 e. The van der Waals surface area contributed by atoms with Gasteiger partial charge in [-0.25, -0.2) is 9.18 Å². The Hall–Kier alpha value is -2.60. The van der Waals surface area contributed by atoms with Gasteiger partial charge in [-0.05, 0) is 55.8 Å². The quantitative estimate of drug-likeness (QED) is 0.727. The molecule has 1 unspecified atom stereocenters. The number of esters is 1. The fraction of sp³-hybridized carbons (Fsp3) is 0.263. The second-order valence-electron chi connectivity index (χ2n) is 5.38. The molecule has 2 rings (SSSR count). The van der Waals surface area contributed by atoms with E-state index in [0.29, 0.717) is 17.2 Å². The molecule has 1 amide bonds. The molecule has 0 radical (unpaired) electrons. The lowest BCUT2D eigenvalue weighted by Gasteiger charge is -2.17. The van der Waals surface area contributed by atoms with Crippen LogP contribution < -0.4 is 10.1 Å². The molecule has 0 saturated heterocycles. The molecule has 7 heteroatoms. The highest BCUT2D eigenvalue weighted by Crippen LogP contribution is 2.28. The van der Waals surface area contributed by atoms with Crippen LogP contribution >= 0.6 is 11.6 Å². The molecule has 0 aliphatic carbocycles. The van der Waals surface area contributed by atoms with Crippen LogP contribution in [0.3, 0.4) is 0 Å². The van der Waals surface area contributed by atoms with Crippen LogP contribution in [0.25, 0.3) is 0 Å². The van der Waals surface area contributed by atoms with Crippen LogP contribution in [-0.2, 0) is 9.53 Å². The SMILES string of the molecule is CCOC(=O)C(CC)NC(=O)c1cc(Cl)ccc1Oc1ccc(F)cc1. The average molecular weight is 380 g/mol. The van der Waals surface area contributed by atoms with Crippen LogP contribution in [0.1, 0.15) is 30.6 Å². The third kappa shape index (κ3) is 5.20. The molecule has 26 heavy (non-hydrogen) atoms.